The first-order valence-corrected chi connectivity index (χ1v) is 8.26. The fourth-order valence-electron chi connectivity index (χ4n) is 2.80. The SMILES string of the molecule is O=C(Oc1ccc(-c2cc(=O)c3c(F)ccc(F)c3[nH]2)cc1)c1cccnc1. The molecule has 0 radical (unpaired) electrons. The number of H-pyrrole nitrogens is 1. The Bertz CT molecular complexity index is 1240. The van der Waals surface area contributed by atoms with Gasteiger partial charge in [0.25, 0.3) is 0 Å². The summed E-state index contributed by atoms with van der Waals surface area (Å²) in [7, 11) is 0. The molecule has 0 fully saturated rings. The Labute approximate surface area is 157 Å². The highest BCUT2D eigenvalue weighted by Gasteiger charge is 2.13. The van der Waals surface area contributed by atoms with Gasteiger partial charge >= 0.3 is 5.97 Å². The monoisotopic (exact) mass is 378 g/mol. The van der Waals surface area contributed by atoms with Crippen LogP contribution in [-0.2, 0) is 0 Å². The molecule has 0 amide bonds. The van der Waals surface area contributed by atoms with Crippen molar-refractivity contribution in [1.82, 2.24) is 9.97 Å². The van der Waals surface area contributed by atoms with Crippen LogP contribution in [0.1, 0.15) is 10.4 Å². The number of hydrogen-bond acceptors (Lipinski definition) is 4. The van der Waals surface area contributed by atoms with Gasteiger partial charge in [-0.25, -0.2) is 13.6 Å². The van der Waals surface area contributed by atoms with E-state index in [1.807, 2.05) is 0 Å². The second kappa shape index (κ2) is 7.03. The lowest BCUT2D eigenvalue weighted by Crippen LogP contribution is -2.08. The minimum atomic E-state index is -0.790. The van der Waals surface area contributed by atoms with Crippen molar-refractivity contribution in [2.24, 2.45) is 0 Å². The lowest BCUT2D eigenvalue weighted by atomic mass is 10.1. The lowest BCUT2D eigenvalue weighted by molar-refractivity contribution is 0.0734. The molecule has 0 saturated heterocycles. The van der Waals surface area contributed by atoms with Crippen LogP contribution in [0, 0.1) is 11.6 Å². The predicted molar refractivity (Wildman–Crippen MR) is 99.1 cm³/mol. The molecule has 2 aromatic heterocycles. The molecular weight excluding hydrogens is 366 g/mol. The van der Waals surface area contributed by atoms with E-state index in [4.69, 9.17) is 4.74 Å². The number of carbonyl (C=O) groups excluding carboxylic acids is 1. The number of rotatable bonds is 3. The van der Waals surface area contributed by atoms with Gasteiger partial charge in [-0.05, 0) is 54.1 Å². The van der Waals surface area contributed by atoms with Crippen molar-refractivity contribution in [3.05, 3.63) is 94.4 Å². The van der Waals surface area contributed by atoms with Gasteiger partial charge in [-0.15, -0.1) is 0 Å². The summed E-state index contributed by atoms with van der Waals surface area (Å²) in [4.78, 5) is 30.9. The molecule has 2 aromatic carbocycles. The summed E-state index contributed by atoms with van der Waals surface area (Å²) in [6, 6.07) is 12.5. The number of carbonyl (C=O) groups is 1. The van der Waals surface area contributed by atoms with E-state index < -0.39 is 23.0 Å². The second-order valence-corrected chi connectivity index (χ2v) is 5.98. The standard InChI is InChI=1S/C21H12F2N2O3/c22-15-7-8-16(23)20-19(15)18(26)10-17(25-20)12-3-5-14(6-4-12)28-21(27)13-2-1-9-24-11-13/h1-11H,(H,25,26). The number of pyridine rings is 2. The molecule has 0 aliphatic heterocycles. The van der Waals surface area contributed by atoms with Gasteiger partial charge in [0.1, 0.15) is 17.4 Å². The molecule has 0 unspecified atom stereocenters. The Balaban J connectivity index is 1.65. The van der Waals surface area contributed by atoms with E-state index in [2.05, 4.69) is 9.97 Å². The summed E-state index contributed by atoms with van der Waals surface area (Å²) in [5, 5.41) is -0.328. The van der Waals surface area contributed by atoms with E-state index in [-0.39, 0.29) is 16.7 Å². The highest BCUT2D eigenvalue weighted by molar-refractivity contribution is 5.90. The maximum absolute atomic E-state index is 14.0. The molecule has 0 aliphatic carbocycles. The van der Waals surface area contributed by atoms with Gasteiger partial charge in [-0.1, -0.05) is 0 Å². The molecule has 1 N–H and O–H groups in total. The van der Waals surface area contributed by atoms with Crippen LogP contribution in [0.5, 0.6) is 5.75 Å². The summed E-state index contributed by atoms with van der Waals surface area (Å²) in [6.45, 7) is 0. The highest BCUT2D eigenvalue weighted by atomic mass is 19.1. The lowest BCUT2D eigenvalue weighted by Gasteiger charge is -2.08. The number of halogens is 2. The molecule has 0 atom stereocenters. The van der Waals surface area contributed by atoms with Gasteiger partial charge < -0.3 is 9.72 Å². The smallest absolute Gasteiger partial charge is 0.345 e. The van der Waals surface area contributed by atoms with Crippen LogP contribution in [0.3, 0.4) is 0 Å². The van der Waals surface area contributed by atoms with E-state index in [1.165, 1.54) is 24.4 Å². The van der Waals surface area contributed by atoms with E-state index >= 15 is 0 Å². The molecule has 0 bridgehead atoms. The van der Waals surface area contributed by atoms with Gasteiger partial charge in [0.2, 0.25) is 0 Å². The van der Waals surface area contributed by atoms with Crippen molar-refractivity contribution in [2.45, 2.75) is 0 Å². The van der Waals surface area contributed by atoms with Crippen molar-refractivity contribution >= 4 is 16.9 Å². The van der Waals surface area contributed by atoms with Crippen molar-refractivity contribution in [2.75, 3.05) is 0 Å². The Morgan fingerprint density at radius 1 is 1.00 bits per heavy atom. The molecule has 0 saturated carbocycles. The Morgan fingerprint density at radius 3 is 2.46 bits per heavy atom. The van der Waals surface area contributed by atoms with E-state index in [0.717, 1.165) is 12.1 Å². The molecule has 7 heteroatoms. The van der Waals surface area contributed by atoms with E-state index in [0.29, 0.717) is 16.8 Å². The van der Waals surface area contributed by atoms with Crippen LogP contribution in [0.4, 0.5) is 8.78 Å². The van der Waals surface area contributed by atoms with Crippen molar-refractivity contribution in [1.29, 1.82) is 0 Å². The molecule has 0 aliphatic rings. The fraction of sp³-hybridized carbons (Fsp3) is 0. The molecule has 0 spiro atoms. The number of benzene rings is 2. The summed E-state index contributed by atoms with van der Waals surface area (Å²) in [5.41, 5.74) is 0.335. The van der Waals surface area contributed by atoms with Gasteiger partial charge in [-0.3, -0.25) is 9.78 Å². The largest absolute Gasteiger partial charge is 0.423 e. The Morgan fingerprint density at radius 2 is 1.75 bits per heavy atom. The summed E-state index contributed by atoms with van der Waals surface area (Å²) >= 11 is 0. The van der Waals surface area contributed by atoms with Gasteiger partial charge in [0.15, 0.2) is 5.43 Å². The highest BCUT2D eigenvalue weighted by Crippen LogP contribution is 2.24. The molecule has 138 valence electrons. The predicted octanol–water partition coefficient (Wildman–Crippen LogP) is 4.09. The van der Waals surface area contributed by atoms with Gasteiger partial charge in [0, 0.05) is 24.2 Å². The number of aromatic nitrogens is 2. The zero-order valence-corrected chi connectivity index (χ0v) is 14.3. The number of hydrogen-bond donors (Lipinski definition) is 1. The summed E-state index contributed by atoms with van der Waals surface area (Å²) < 4.78 is 33.1. The molecular formula is C21H12F2N2O3. The first kappa shape index (κ1) is 17.5. The fourth-order valence-corrected chi connectivity index (χ4v) is 2.80. The number of fused-ring (bicyclic) bond motifs is 1. The van der Waals surface area contributed by atoms with Crippen LogP contribution < -0.4 is 10.2 Å². The topological polar surface area (TPSA) is 72.1 Å². The quantitative estimate of drug-likeness (QED) is 0.431. The summed E-state index contributed by atoms with van der Waals surface area (Å²) in [5.74, 6) is -1.78. The van der Waals surface area contributed by atoms with Gasteiger partial charge in [-0.2, -0.15) is 0 Å². The van der Waals surface area contributed by atoms with Crippen LogP contribution in [0.15, 0.2) is 71.8 Å². The third kappa shape index (κ3) is 3.25. The normalized spacial score (nSPS) is 10.8. The van der Waals surface area contributed by atoms with Gasteiger partial charge in [0.05, 0.1) is 16.5 Å². The minimum absolute atomic E-state index is 0.199. The second-order valence-electron chi connectivity index (χ2n) is 5.98. The van der Waals surface area contributed by atoms with E-state index in [1.54, 1.807) is 30.5 Å². The first-order chi connectivity index (χ1) is 13.5. The zero-order valence-electron chi connectivity index (χ0n) is 14.3. The summed E-state index contributed by atoms with van der Waals surface area (Å²) in [6.07, 6.45) is 2.94. The van der Waals surface area contributed by atoms with Crippen LogP contribution in [0.25, 0.3) is 22.2 Å². The first-order valence-electron chi connectivity index (χ1n) is 8.26. The zero-order chi connectivity index (χ0) is 19.7. The van der Waals surface area contributed by atoms with Crippen molar-refractivity contribution in [3.8, 4) is 17.0 Å². The molecule has 28 heavy (non-hydrogen) atoms. The number of ether oxygens (including phenoxy) is 1. The van der Waals surface area contributed by atoms with E-state index in [9.17, 15) is 18.4 Å². The molecule has 2 heterocycles. The average Bonchev–Trinajstić information content (AvgIpc) is 2.71. The number of aromatic amines is 1. The van der Waals surface area contributed by atoms with Crippen LogP contribution in [0.2, 0.25) is 0 Å². The third-order valence-corrected chi connectivity index (χ3v) is 4.16. The maximum Gasteiger partial charge on any atom is 0.345 e. The molecule has 4 aromatic rings. The Kier molecular flexibility index (Phi) is 4.41. The molecule has 4 rings (SSSR count). The minimum Gasteiger partial charge on any atom is -0.423 e. The maximum atomic E-state index is 14.0. The van der Waals surface area contributed by atoms with Crippen LogP contribution in [-0.4, -0.2) is 15.9 Å². The number of nitrogens with zero attached hydrogens (tertiary/aromatic N) is 1. The van der Waals surface area contributed by atoms with Crippen molar-refractivity contribution < 1.29 is 18.3 Å². The van der Waals surface area contributed by atoms with Crippen LogP contribution >= 0.6 is 0 Å². The molecule has 5 nitrogen and oxygen atoms in total. The third-order valence-electron chi connectivity index (χ3n) is 4.16. The number of nitrogens with one attached hydrogen (secondary N) is 1. The Hall–Kier alpha value is -3.87. The average molecular weight is 378 g/mol. The van der Waals surface area contributed by atoms with Crippen molar-refractivity contribution in [3.63, 3.8) is 0 Å². The number of esters is 1.